The number of nitrogens with zero attached hydrogens (tertiary/aromatic N) is 1. The molecule has 1 heterocycles. The Labute approximate surface area is 130 Å². The molecule has 0 fully saturated rings. The summed E-state index contributed by atoms with van der Waals surface area (Å²) in [5, 5.41) is 0. The van der Waals surface area contributed by atoms with E-state index in [0.29, 0.717) is 24.3 Å². The van der Waals surface area contributed by atoms with Crippen LogP contribution < -0.4 is 4.90 Å². The molecular weight excluding hydrogens is 290 g/mol. The van der Waals surface area contributed by atoms with Crippen molar-refractivity contribution >= 4 is 29.0 Å². The van der Waals surface area contributed by atoms with E-state index in [4.69, 9.17) is 16.3 Å². The quantitative estimate of drug-likeness (QED) is 0.599. The van der Waals surface area contributed by atoms with Gasteiger partial charge in [-0.25, -0.2) is 0 Å². The van der Waals surface area contributed by atoms with E-state index in [1.165, 1.54) is 7.11 Å². The Morgan fingerprint density at radius 1 is 1.43 bits per heavy atom. The number of Topliss-reactive ketones (excluding diaryl/α,β-unsaturated/α-hetero) is 1. The third kappa shape index (κ3) is 3.44. The molecule has 2 rings (SSSR count). The van der Waals surface area contributed by atoms with Gasteiger partial charge >= 0.3 is 0 Å². The summed E-state index contributed by atoms with van der Waals surface area (Å²) < 4.78 is 4.93. The minimum absolute atomic E-state index is 0.0510. The van der Waals surface area contributed by atoms with Crippen LogP contribution in [0.3, 0.4) is 0 Å². The summed E-state index contributed by atoms with van der Waals surface area (Å²) in [6, 6.07) is 5.65. The predicted molar refractivity (Wildman–Crippen MR) is 83.3 cm³/mol. The van der Waals surface area contributed by atoms with Crippen molar-refractivity contribution in [1.29, 1.82) is 0 Å². The maximum Gasteiger partial charge on any atom is 0.253 e. The van der Waals surface area contributed by atoms with Crippen LogP contribution in [0.25, 0.3) is 0 Å². The molecule has 1 aromatic carbocycles. The number of fused-ring (bicyclic) bond motifs is 1. The van der Waals surface area contributed by atoms with Gasteiger partial charge in [0.05, 0.1) is 0 Å². The molecule has 21 heavy (non-hydrogen) atoms. The van der Waals surface area contributed by atoms with Crippen LogP contribution in [0.2, 0.25) is 0 Å². The van der Waals surface area contributed by atoms with Crippen LogP contribution in [-0.4, -0.2) is 37.3 Å². The standard InChI is InChI=1S/C16H20ClNO3/c1-11-8-13-9-12(15(19)4-3-7-17)5-6-14(13)18(11)16(20)10-21-2/h5-6,9,11H,3-4,7-8,10H2,1-2H3. The summed E-state index contributed by atoms with van der Waals surface area (Å²) in [5.74, 6) is 0.547. The van der Waals surface area contributed by atoms with Gasteiger partial charge in [0, 0.05) is 36.7 Å². The highest BCUT2D eigenvalue weighted by Gasteiger charge is 2.31. The number of anilines is 1. The van der Waals surface area contributed by atoms with E-state index in [0.717, 1.165) is 17.7 Å². The fourth-order valence-electron chi connectivity index (χ4n) is 2.75. The van der Waals surface area contributed by atoms with Crippen LogP contribution in [-0.2, 0) is 16.0 Å². The van der Waals surface area contributed by atoms with Gasteiger partial charge in [-0.15, -0.1) is 11.6 Å². The van der Waals surface area contributed by atoms with E-state index in [1.54, 1.807) is 11.0 Å². The number of ether oxygens (including phenoxy) is 1. The number of carbonyl (C=O) groups excluding carboxylic acids is 2. The number of halogens is 1. The average Bonchev–Trinajstić information content (AvgIpc) is 2.79. The highest BCUT2D eigenvalue weighted by molar-refractivity contribution is 6.18. The summed E-state index contributed by atoms with van der Waals surface area (Å²) in [7, 11) is 1.51. The summed E-state index contributed by atoms with van der Waals surface area (Å²) in [6.07, 6.45) is 1.91. The maximum atomic E-state index is 12.1. The Balaban J connectivity index is 2.21. The van der Waals surface area contributed by atoms with E-state index >= 15 is 0 Å². The number of rotatable bonds is 6. The first-order chi connectivity index (χ1) is 10.1. The zero-order valence-corrected chi connectivity index (χ0v) is 13.2. The highest BCUT2D eigenvalue weighted by Crippen LogP contribution is 2.33. The van der Waals surface area contributed by atoms with Gasteiger partial charge in [-0.05, 0) is 43.5 Å². The Morgan fingerprint density at radius 2 is 2.19 bits per heavy atom. The number of methoxy groups -OCH3 is 1. The zero-order chi connectivity index (χ0) is 15.4. The van der Waals surface area contributed by atoms with Crippen molar-refractivity contribution in [2.24, 2.45) is 0 Å². The molecule has 0 spiro atoms. The van der Waals surface area contributed by atoms with Crippen LogP contribution in [0.1, 0.15) is 35.7 Å². The van der Waals surface area contributed by atoms with Gasteiger partial charge in [0.2, 0.25) is 0 Å². The number of hydrogen-bond acceptors (Lipinski definition) is 3. The van der Waals surface area contributed by atoms with E-state index in [-0.39, 0.29) is 24.3 Å². The lowest BCUT2D eigenvalue weighted by atomic mass is 10.0. The Bertz CT molecular complexity index is 544. The molecule has 1 aliphatic rings. The molecular formula is C16H20ClNO3. The first-order valence-electron chi connectivity index (χ1n) is 7.11. The van der Waals surface area contributed by atoms with Gasteiger partial charge in [-0.1, -0.05) is 0 Å². The predicted octanol–water partition coefficient (Wildman–Crippen LogP) is 2.81. The van der Waals surface area contributed by atoms with Crippen LogP contribution in [0.15, 0.2) is 18.2 Å². The number of alkyl halides is 1. The average molecular weight is 310 g/mol. The highest BCUT2D eigenvalue weighted by atomic mass is 35.5. The van der Waals surface area contributed by atoms with Crippen molar-refractivity contribution < 1.29 is 14.3 Å². The van der Waals surface area contributed by atoms with E-state index in [1.807, 2.05) is 19.1 Å². The number of carbonyl (C=O) groups is 2. The van der Waals surface area contributed by atoms with Crippen LogP contribution in [0.4, 0.5) is 5.69 Å². The van der Waals surface area contributed by atoms with E-state index in [9.17, 15) is 9.59 Å². The van der Waals surface area contributed by atoms with Crippen molar-refractivity contribution in [2.75, 3.05) is 24.5 Å². The topological polar surface area (TPSA) is 46.6 Å². The molecule has 0 saturated heterocycles. The summed E-state index contributed by atoms with van der Waals surface area (Å²) in [4.78, 5) is 25.9. The Morgan fingerprint density at radius 3 is 2.86 bits per heavy atom. The molecule has 0 N–H and O–H groups in total. The summed E-state index contributed by atoms with van der Waals surface area (Å²) in [6.45, 7) is 2.07. The van der Waals surface area contributed by atoms with Crippen molar-refractivity contribution in [3.05, 3.63) is 29.3 Å². The molecule has 0 saturated carbocycles. The minimum Gasteiger partial charge on any atom is -0.375 e. The number of benzene rings is 1. The zero-order valence-electron chi connectivity index (χ0n) is 12.4. The van der Waals surface area contributed by atoms with Crippen molar-refractivity contribution in [2.45, 2.75) is 32.2 Å². The molecule has 0 bridgehead atoms. The van der Waals surface area contributed by atoms with Gasteiger partial charge in [0.15, 0.2) is 5.78 Å². The molecule has 5 heteroatoms. The molecule has 0 radical (unpaired) electrons. The van der Waals surface area contributed by atoms with Crippen LogP contribution in [0.5, 0.6) is 0 Å². The molecule has 4 nitrogen and oxygen atoms in total. The van der Waals surface area contributed by atoms with E-state index in [2.05, 4.69) is 0 Å². The van der Waals surface area contributed by atoms with Crippen molar-refractivity contribution in [3.8, 4) is 0 Å². The lowest BCUT2D eigenvalue weighted by Gasteiger charge is -2.22. The van der Waals surface area contributed by atoms with Crippen LogP contribution >= 0.6 is 11.6 Å². The van der Waals surface area contributed by atoms with Gasteiger partial charge in [0.25, 0.3) is 5.91 Å². The first-order valence-corrected chi connectivity index (χ1v) is 7.65. The second kappa shape index (κ2) is 7.05. The summed E-state index contributed by atoms with van der Waals surface area (Å²) in [5.41, 5.74) is 2.63. The fourth-order valence-corrected chi connectivity index (χ4v) is 2.88. The largest absolute Gasteiger partial charge is 0.375 e. The normalized spacial score (nSPS) is 16.9. The lowest BCUT2D eigenvalue weighted by molar-refractivity contribution is -0.122. The van der Waals surface area contributed by atoms with Gasteiger partial charge in [-0.2, -0.15) is 0 Å². The molecule has 1 aromatic rings. The second-order valence-corrected chi connectivity index (χ2v) is 5.69. The molecule has 1 aliphatic heterocycles. The van der Waals surface area contributed by atoms with Crippen molar-refractivity contribution in [1.82, 2.24) is 0 Å². The molecule has 114 valence electrons. The van der Waals surface area contributed by atoms with Gasteiger partial charge in [-0.3, -0.25) is 9.59 Å². The third-order valence-corrected chi connectivity index (χ3v) is 3.96. The third-order valence-electron chi connectivity index (χ3n) is 3.69. The minimum atomic E-state index is -0.0510. The Kier molecular flexibility index (Phi) is 5.37. The lowest BCUT2D eigenvalue weighted by Crippen LogP contribution is -2.38. The number of amides is 1. The molecule has 1 amide bonds. The SMILES string of the molecule is COCC(=O)N1c2ccc(C(=O)CCCCl)cc2CC1C. The maximum absolute atomic E-state index is 12.1. The van der Waals surface area contributed by atoms with Crippen molar-refractivity contribution in [3.63, 3.8) is 0 Å². The molecule has 0 aliphatic carbocycles. The smallest absolute Gasteiger partial charge is 0.253 e. The van der Waals surface area contributed by atoms with Crippen LogP contribution in [0, 0.1) is 0 Å². The number of hydrogen-bond donors (Lipinski definition) is 0. The molecule has 0 aromatic heterocycles. The second-order valence-electron chi connectivity index (χ2n) is 5.31. The van der Waals surface area contributed by atoms with Gasteiger partial charge < -0.3 is 9.64 Å². The first kappa shape index (κ1) is 16.0. The van der Waals surface area contributed by atoms with Gasteiger partial charge in [0.1, 0.15) is 6.61 Å². The Hall–Kier alpha value is -1.39. The molecule has 1 unspecified atom stereocenters. The van der Waals surface area contributed by atoms with E-state index < -0.39 is 0 Å². The monoisotopic (exact) mass is 309 g/mol. The summed E-state index contributed by atoms with van der Waals surface area (Å²) >= 11 is 5.62. The number of ketones is 1. The molecule has 1 atom stereocenters. The fraction of sp³-hybridized carbons (Fsp3) is 0.500.